The lowest BCUT2D eigenvalue weighted by Gasteiger charge is -2.31. The molecule has 0 fully saturated rings. The van der Waals surface area contributed by atoms with Gasteiger partial charge in [0.05, 0.1) is 5.92 Å². The number of carbonyl (C=O) groups excluding carboxylic acids is 4. The van der Waals surface area contributed by atoms with Gasteiger partial charge in [-0.05, 0) is 31.9 Å². The standard InChI is InChI=1S/C22H20ClNO4/c1-11-7-6-8-12(2)19(11)24-22(28)16(13(3)25)17-18(23)21(27)15-10-5-4-9-14(15)20(17)26/h4-10,16-18H,1-3H3,(H,24,28). The number of para-hydroxylation sites is 1. The fourth-order valence-corrected chi connectivity index (χ4v) is 4.05. The fourth-order valence-electron chi connectivity index (χ4n) is 3.67. The van der Waals surface area contributed by atoms with Crippen molar-refractivity contribution in [3.05, 3.63) is 64.7 Å². The van der Waals surface area contributed by atoms with Crippen LogP contribution in [0.1, 0.15) is 38.8 Å². The molecular formula is C22H20ClNO4. The van der Waals surface area contributed by atoms with E-state index in [1.54, 1.807) is 12.1 Å². The van der Waals surface area contributed by atoms with Crippen LogP contribution in [0, 0.1) is 25.7 Å². The highest BCUT2D eigenvalue weighted by Crippen LogP contribution is 2.35. The number of ketones is 3. The molecule has 3 unspecified atom stereocenters. The van der Waals surface area contributed by atoms with Gasteiger partial charge >= 0.3 is 0 Å². The first-order valence-electron chi connectivity index (χ1n) is 8.93. The van der Waals surface area contributed by atoms with Crippen molar-refractivity contribution in [3.63, 3.8) is 0 Å². The summed E-state index contributed by atoms with van der Waals surface area (Å²) in [5.74, 6) is -4.67. The summed E-state index contributed by atoms with van der Waals surface area (Å²) in [4.78, 5) is 51.1. The number of rotatable bonds is 4. The molecule has 28 heavy (non-hydrogen) atoms. The molecule has 0 saturated heterocycles. The van der Waals surface area contributed by atoms with Crippen LogP contribution >= 0.6 is 11.6 Å². The van der Waals surface area contributed by atoms with Crippen molar-refractivity contribution >= 4 is 40.5 Å². The van der Waals surface area contributed by atoms with E-state index >= 15 is 0 Å². The summed E-state index contributed by atoms with van der Waals surface area (Å²) in [5.41, 5.74) is 2.66. The van der Waals surface area contributed by atoms with Crippen molar-refractivity contribution in [2.45, 2.75) is 26.1 Å². The lowest BCUT2D eigenvalue weighted by atomic mass is 9.73. The van der Waals surface area contributed by atoms with E-state index in [0.717, 1.165) is 11.1 Å². The van der Waals surface area contributed by atoms with Crippen LogP contribution in [-0.2, 0) is 9.59 Å². The van der Waals surface area contributed by atoms with Gasteiger partial charge < -0.3 is 5.32 Å². The number of anilines is 1. The average molecular weight is 398 g/mol. The van der Waals surface area contributed by atoms with Gasteiger partial charge in [0.2, 0.25) is 5.91 Å². The number of nitrogens with one attached hydrogen (secondary N) is 1. The zero-order chi connectivity index (χ0) is 20.6. The molecule has 2 aromatic carbocycles. The summed E-state index contributed by atoms with van der Waals surface area (Å²) < 4.78 is 0. The molecule has 2 aromatic rings. The Morgan fingerprint density at radius 1 is 0.929 bits per heavy atom. The minimum absolute atomic E-state index is 0.195. The van der Waals surface area contributed by atoms with Gasteiger partial charge in [-0.15, -0.1) is 11.6 Å². The normalized spacial score (nSPS) is 19.7. The van der Waals surface area contributed by atoms with Crippen molar-refractivity contribution in [3.8, 4) is 0 Å². The Balaban J connectivity index is 2.01. The fraction of sp³-hybridized carbons (Fsp3) is 0.273. The van der Waals surface area contributed by atoms with E-state index in [0.29, 0.717) is 5.69 Å². The highest BCUT2D eigenvalue weighted by atomic mass is 35.5. The number of fused-ring (bicyclic) bond motifs is 1. The number of alkyl halides is 1. The van der Waals surface area contributed by atoms with Crippen molar-refractivity contribution < 1.29 is 19.2 Å². The molecule has 0 radical (unpaired) electrons. The van der Waals surface area contributed by atoms with Gasteiger partial charge in [-0.2, -0.15) is 0 Å². The molecule has 1 aliphatic carbocycles. The maximum Gasteiger partial charge on any atom is 0.235 e. The minimum atomic E-state index is -1.36. The Kier molecular flexibility index (Phi) is 5.47. The van der Waals surface area contributed by atoms with Crippen LogP contribution in [0.2, 0.25) is 0 Å². The third-order valence-corrected chi connectivity index (χ3v) is 5.61. The molecule has 5 nitrogen and oxygen atoms in total. The largest absolute Gasteiger partial charge is 0.325 e. The van der Waals surface area contributed by atoms with E-state index in [-0.39, 0.29) is 11.1 Å². The molecule has 1 amide bonds. The zero-order valence-corrected chi connectivity index (χ0v) is 16.5. The lowest BCUT2D eigenvalue weighted by molar-refractivity contribution is -0.131. The summed E-state index contributed by atoms with van der Waals surface area (Å²) in [5, 5.41) is 1.48. The van der Waals surface area contributed by atoms with Gasteiger partial charge in [-0.1, -0.05) is 42.5 Å². The summed E-state index contributed by atoms with van der Waals surface area (Å²) in [6, 6.07) is 11.9. The van der Waals surface area contributed by atoms with Crippen LogP contribution in [0.4, 0.5) is 5.69 Å². The van der Waals surface area contributed by atoms with E-state index in [1.165, 1.54) is 19.1 Å². The van der Waals surface area contributed by atoms with Gasteiger partial charge in [0, 0.05) is 16.8 Å². The molecule has 0 saturated carbocycles. The predicted molar refractivity (Wildman–Crippen MR) is 107 cm³/mol. The van der Waals surface area contributed by atoms with Crippen LogP contribution in [0.5, 0.6) is 0 Å². The van der Waals surface area contributed by atoms with Crippen LogP contribution in [0.3, 0.4) is 0 Å². The maximum absolute atomic E-state index is 13.0. The maximum atomic E-state index is 13.0. The van der Waals surface area contributed by atoms with Crippen molar-refractivity contribution in [1.29, 1.82) is 0 Å². The second kappa shape index (κ2) is 7.68. The summed E-state index contributed by atoms with van der Waals surface area (Å²) >= 11 is 6.30. The monoisotopic (exact) mass is 397 g/mol. The van der Waals surface area contributed by atoms with Crippen molar-refractivity contribution in [2.24, 2.45) is 11.8 Å². The number of aryl methyl sites for hydroxylation is 2. The highest BCUT2D eigenvalue weighted by molar-refractivity contribution is 6.39. The summed E-state index contributed by atoms with van der Waals surface area (Å²) in [6.07, 6.45) is 0. The minimum Gasteiger partial charge on any atom is -0.325 e. The third kappa shape index (κ3) is 3.38. The molecule has 0 aliphatic heterocycles. The lowest BCUT2D eigenvalue weighted by Crippen LogP contribution is -2.48. The molecule has 0 spiro atoms. The smallest absolute Gasteiger partial charge is 0.235 e. The number of benzene rings is 2. The Hall–Kier alpha value is -2.79. The van der Waals surface area contributed by atoms with Crippen LogP contribution < -0.4 is 5.32 Å². The molecule has 1 N–H and O–H groups in total. The van der Waals surface area contributed by atoms with Gasteiger partial charge in [-0.3, -0.25) is 19.2 Å². The Morgan fingerprint density at radius 3 is 2.00 bits per heavy atom. The van der Waals surface area contributed by atoms with Crippen LogP contribution in [0.25, 0.3) is 0 Å². The Bertz CT molecular complexity index is 978. The van der Waals surface area contributed by atoms with Gasteiger partial charge in [-0.25, -0.2) is 0 Å². The van der Waals surface area contributed by atoms with Gasteiger partial charge in [0.15, 0.2) is 11.6 Å². The number of carbonyl (C=O) groups is 4. The summed E-state index contributed by atoms with van der Waals surface area (Å²) in [7, 11) is 0. The number of amides is 1. The quantitative estimate of drug-likeness (QED) is 0.629. The first-order chi connectivity index (χ1) is 13.2. The number of Topliss-reactive ketones (excluding diaryl/α,β-unsaturated/α-hetero) is 3. The molecule has 6 heteroatoms. The molecule has 0 heterocycles. The number of hydrogen-bond donors (Lipinski definition) is 1. The van der Waals surface area contributed by atoms with E-state index < -0.39 is 40.5 Å². The topological polar surface area (TPSA) is 80.3 Å². The van der Waals surface area contributed by atoms with E-state index in [1.807, 2.05) is 32.0 Å². The van der Waals surface area contributed by atoms with Gasteiger partial charge in [0.25, 0.3) is 0 Å². The molecule has 3 atom stereocenters. The number of hydrogen-bond acceptors (Lipinski definition) is 4. The molecule has 144 valence electrons. The molecule has 3 rings (SSSR count). The molecule has 0 aromatic heterocycles. The highest BCUT2D eigenvalue weighted by Gasteiger charge is 2.48. The van der Waals surface area contributed by atoms with E-state index in [2.05, 4.69) is 5.32 Å². The van der Waals surface area contributed by atoms with Crippen molar-refractivity contribution in [1.82, 2.24) is 0 Å². The van der Waals surface area contributed by atoms with Crippen molar-refractivity contribution in [2.75, 3.05) is 5.32 Å². The Morgan fingerprint density at radius 2 is 1.46 bits per heavy atom. The third-order valence-electron chi connectivity index (χ3n) is 5.14. The molecular weight excluding hydrogens is 378 g/mol. The SMILES string of the molecule is CC(=O)C(C(=O)Nc1c(C)cccc1C)C1C(=O)c2ccccc2C(=O)C1Cl. The average Bonchev–Trinajstić information content (AvgIpc) is 2.66. The second-order valence-electron chi connectivity index (χ2n) is 7.05. The van der Waals surface area contributed by atoms with E-state index in [9.17, 15) is 19.2 Å². The molecule has 0 bridgehead atoms. The van der Waals surface area contributed by atoms with Crippen LogP contribution in [-0.4, -0.2) is 28.6 Å². The second-order valence-corrected chi connectivity index (χ2v) is 7.52. The first kappa shape index (κ1) is 20.0. The van der Waals surface area contributed by atoms with E-state index in [4.69, 9.17) is 11.6 Å². The van der Waals surface area contributed by atoms with Crippen LogP contribution in [0.15, 0.2) is 42.5 Å². The Labute approximate surface area is 168 Å². The number of halogens is 1. The zero-order valence-electron chi connectivity index (χ0n) is 15.8. The van der Waals surface area contributed by atoms with Gasteiger partial charge in [0.1, 0.15) is 17.1 Å². The summed E-state index contributed by atoms with van der Waals surface area (Å²) in [6.45, 7) is 4.90. The predicted octanol–water partition coefficient (Wildman–Crippen LogP) is 3.75. The molecule has 1 aliphatic rings. The first-order valence-corrected chi connectivity index (χ1v) is 9.36.